The van der Waals surface area contributed by atoms with E-state index in [4.69, 9.17) is 0 Å². The molecular formula is C20H24N4OS. The van der Waals surface area contributed by atoms with Crippen molar-refractivity contribution < 1.29 is 4.79 Å². The van der Waals surface area contributed by atoms with Crippen molar-refractivity contribution in [1.29, 1.82) is 0 Å². The Morgan fingerprint density at radius 1 is 1.08 bits per heavy atom. The molecular weight excluding hydrogens is 344 g/mol. The lowest BCUT2D eigenvalue weighted by Gasteiger charge is -2.41. The molecule has 136 valence electrons. The van der Waals surface area contributed by atoms with Crippen LogP contribution < -0.4 is 0 Å². The van der Waals surface area contributed by atoms with Crippen molar-refractivity contribution in [3.8, 4) is 0 Å². The molecule has 0 saturated carbocycles. The van der Waals surface area contributed by atoms with E-state index in [1.165, 1.54) is 35.7 Å². The Hall–Kier alpha value is -1.92. The third-order valence-corrected chi connectivity index (χ3v) is 6.07. The van der Waals surface area contributed by atoms with E-state index in [1.807, 2.05) is 11.2 Å². The van der Waals surface area contributed by atoms with Gasteiger partial charge < -0.3 is 4.90 Å². The molecule has 26 heavy (non-hydrogen) atoms. The molecule has 1 amide bonds. The van der Waals surface area contributed by atoms with Gasteiger partial charge in [0, 0.05) is 44.6 Å². The highest BCUT2D eigenvalue weighted by molar-refractivity contribution is 7.98. The number of hydrogen-bond donors (Lipinski definition) is 0. The van der Waals surface area contributed by atoms with Crippen molar-refractivity contribution in [2.45, 2.75) is 30.5 Å². The zero-order chi connectivity index (χ0) is 17.9. The Morgan fingerprint density at radius 3 is 2.46 bits per heavy atom. The van der Waals surface area contributed by atoms with E-state index < -0.39 is 0 Å². The molecule has 4 rings (SSSR count). The molecule has 2 heterocycles. The minimum absolute atomic E-state index is 0.0475. The number of nitrogens with zero attached hydrogens (tertiary/aromatic N) is 4. The number of fused-ring (bicyclic) bond motifs is 1. The average molecular weight is 369 g/mol. The first-order valence-corrected chi connectivity index (χ1v) is 10.4. The number of thioether (sulfide) groups is 1. The van der Waals surface area contributed by atoms with E-state index in [9.17, 15) is 4.79 Å². The quantitative estimate of drug-likeness (QED) is 0.615. The summed E-state index contributed by atoms with van der Waals surface area (Å²) in [5, 5.41) is 0.698. The molecule has 1 aromatic heterocycles. The Labute approximate surface area is 158 Å². The minimum atomic E-state index is 0.0475. The van der Waals surface area contributed by atoms with Gasteiger partial charge in [-0.2, -0.15) is 0 Å². The van der Waals surface area contributed by atoms with Crippen molar-refractivity contribution >= 4 is 17.7 Å². The summed E-state index contributed by atoms with van der Waals surface area (Å²) in [5.74, 6) is 0.0475. The number of piperazine rings is 1. The molecule has 5 nitrogen and oxygen atoms in total. The molecule has 2 aromatic rings. The fourth-order valence-corrected chi connectivity index (χ4v) is 4.31. The zero-order valence-electron chi connectivity index (χ0n) is 15.1. The smallest absolute Gasteiger partial charge is 0.257 e. The van der Waals surface area contributed by atoms with Crippen LogP contribution in [0.25, 0.3) is 0 Å². The van der Waals surface area contributed by atoms with E-state index in [0.29, 0.717) is 16.8 Å². The van der Waals surface area contributed by atoms with Gasteiger partial charge in [-0.25, -0.2) is 9.97 Å². The number of aryl methyl sites for hydroxylation is 1. The molecule has 1 unspecified atom stereocenters. The molecule has 1 aliphatic carbocycles. The molecule has 0 spiro atoms. The van der Waals surface area contributed by atoms with E-state index in [1.54, 1.807) is 12.4 Å². The minimum Gasteiger partial charge on any atom is -0.336 e. The molecule has 1 saturated heterocycles. The number of benzene rings is 1. The molecule has 1 atom stereocenters. The maximum Gasteiger partial charge on any atom is 0.257 e. The third-order valence-electron chi connectivity index (χ3n) is 5.50. The molecule has 6 heteroatoms. The highest BCUT2D eigenvalue weighted by Crippen LogP contribution is 2.25. The number of carbonyl (C=O) groups is 1. The van der Waals surface area contributed by atoms with Crippen LogP contribution >= 0.6 is 11.8 Å². The summed E-state index contributed by atoms with van der Waals surface area (Å²) in [6, 6.07) is 9.40. The van der Waals surface area contributed by atoms with Gasteiger partial charge in [-0.15, -0.1) is 0 Å². The van der Waals surface area contributed by atoms with Crippen LogP contribution in [-0.4, -0.2) is 64.2 Å². The molecule has 0 radical (unpaired) electrons. The molecule has 0 bridgehead atoms. The number of rotatable bonds is 3. The average Bonchev–Trinajstić information content (AvgIpc) is 2.73. The Morgan fingerprint density at radius 2 is 1.77 bits per heavy atom. The van der Waals surface area contributed by atoms with Gasteiger partial charge in [-0.1, -0.05) is 36.0 Å². The molecule has 1 aromatic carbocycles. The predicted molar refractivity (Wildman–Crippen MR) is 104 cm³/mol. The van der Waals surface area contributed by atoms with Crippen LogP contribution in [0.2, 0.25) is 0 Å². The summed E-state index contributed by atoms with van der Waals surface area (Å²) >= 11 is 1.48. The predicted octanol–water partition coefficient (Wildman–Crippen LogP) is 2.51. The fourth-order valence-electron chi connectivity index (χ4n) is 3.99. The van der Waals surface area contributed by atoms with Crippen molar-refractivity contribution in [3.05, 3.63) is 53.3 Å². The van der Waals surface area contributed by atoms with Crippen LogP contribution in [0.5, 0.6) is 0 Å². The Bertz CT molecular complexity index is 772. The summed E-state index contributed by atoms with van der Waals surface area (Å²) in [5.41, 5.74) is 3.59. The maximum absolute atomic E-state index is 12.7. The van der Waals surface area contributed by atoms with Gasteiger partial charge in [0.1, 0.15) is 0 Å². The van der Waals surface area contributed by atoms with Gasteiger partial charge in [0.25, 0.3) is 5.91 Å². The zero-order valence-corrected chi connectivity index (χ0v) is 15.9. The lowest BCUT2D eigenvalue weighted by Crippen LogP contribution is -2.53. The topological polar surface area (TPSA) is 49.3 Å². The maximum atomic E-state index is 12.7. The molecule has 0 N–H and O–H groups in total. The molecule has 1 aliphatic heterocycles. The summed E-state index contributed by atoms with van der Waals surface area (Å²) in [7, 11) is 0. The lowest BCUT2D eigenvalue weighted by atomic mass is 9.87. The number of aromatic nitrogens is 2. The summed E-state index contributed by atoms with van der Waals surface area (Å²) in [6.07, 6.45) is 8.74. The van der Waals surface area contributed by atoms with Crippen molar-refractivity contribution in [2.75, 3.05) is 32.4 Å². The lowest BCUT2D eigenvalue weighted by molar-refractivity contribution is 0.0552. The first-order valence-electron chi connectivity index (χ1n) is 9.21. The standard InChI is InChI=1S/C20H24N4OS/c1-26-20-21-13-17(14-22-20)19(25)24-10-8-23(9-11-24)18-7-6-15-4-2-3-5-16(15)12-18/h2-5,13-14,18H,6-12H2,1H3. The van der Waals surface area contributed by atoms with Crippen molar-refractivity contribution in [1.82, 2.24) is 19.8 Å². The second-order valence-electron chi connectivity index (χ2n) is 6.95. The Kier molecular flexibility index (Phi) is 5.22. The van der Waals surface area contributed by atoms with Gasteiger partial charge in [-0.3, -0.25) is 9.69 Å². The monoisotopic (exact) mass is 368 g/mol. The van der Waals surface area contributed by atoms with E-state index >= 15 is 0 Å². The van der Waals surface area contributed by atoms with Gasteiger partial charge in [-0.05, 0) is 36.6 Å². The van der Waals surface area contributed by atoms with E-state index in [2.05, 4.69) is 39.1 Å². The van der Waals surface area contributed by atoms with Crippen molar-refractivity contribution in [2.24, 2.45) is 0 Å². The van der Waals surface area contributed by atoms with Gasteiger partial charge in [0.2, 0.25) is 0 Å². The van der Waals surface area contributed by atoms with Crippen LogP contribution in [0.15, 0.2) is 41.8 Å². The first kappa shape index (κ1) is 17.5. The first-order chi connectivity index (χ1) is 12.7. The fraction of sp³-hybridized carbons (Fsp3) is 0.450. The van der Waals surface area contributed by atoms with Gasteiger partial charge in [0.05, 0.1) is 5.56 Å². The van der Waals surface area contributed by atoms with Gasteiger partial charge >= 0.3 is 0 Å². The molecule has 1 fully saturated rings. The summed E-state index contributed by atoms with van der Waals surface area (Å²) in [4.78, 5) is 25.6. The number of carbonyl (C=O) groups excluding carboxylic acids is 1. The second kappa shape index (κ2) is 7.76. The number of amides is 1. The van der Waals surface area contributed by atoms with Crippen LogP contribution in [0, 0.1) is 0 Å². The summed E-state index contributed by atoms with van der Waals surface area (Å²) in [6.45, 7) is 3.45. The third kappa shape index (κ3) is 3.62. The molecule has 2 aliphatic rings. The number of hydrogen-bond acceptors (Lipinski definition) is 5. The largest absolute Gasteiger partial charge is 0.336 e. The van der Waals surface area contributed by atoms with Crippen molar-refractivity contribution in [3.63, 3.8) is 0 Å². The second-order valence-corrected chi connectivity index (χ2v) is 7.73. The van der Waals surface area contributed by atoms with Crippen LogP contribution in [0.4, 0.5) is 0 Å². The van der Waals surface area contributed by atoms with Crippen LogP contribution in [-0.2, 0) is 12.8 Å². The highest BCUT2D eigenvalue weighted by atomic mass is 32.2. The van der Waals surface area contributed by atoms with Crippen LogP contribution in [0.3, 0.4) is 0 Å². The Balaban J connectivity index is 1.34. The van der Waals surface area contributed by atoms with E-state index in [-0.39, 0.29) is 5.91 Å². The van der Waals surface area contributed by atoms with Crippen LogP contribution in [0.1, 0.15) is 27.9 Å². The highest BCUT2D eigenvalue weighted by Gasteiger charge is 2.29. The van der Waals surface area contributed by atoms with E-state index in [0.717, 1.165) is 32.6 Å². The SMILES string of the molecule is CSc1ncc(C(=O)N2CCN(C3CCc4ccccc4C3)CC2)cn1. The normalized spacial score (nSPS) is 20.7. The van der Waals surface area contributed by atoms with Gasteiger partial charge in [0.15, 0.2) is 5.16 Å². The summed E-state index contributed by atoms with van der Waals surface area (Å²) < 4.78 is 0.